The van der Waals surface area contributed by atoms with Crippen molar-refractivity contribution < 1.29 is 14.7 Å². The fourth-order valence-electron chi connectivity index (χ4n) is 3.13. The normalized spacial score (nSPS) is 14.3. The zero-order valence-electron chi connectivity index (χ0n) is 14.9. The first-order chi connectivity index (χ1) is 13.0. The van der Waals surface area contributed by atoms with Crippen LogP contribution in [0.4, 0.5) is 5.69 Å². The van der Waals surface area contributed by atoms with Crippen molar-refractivity contribution in [2.45, 2.75) is 6.54 Å². The van der Waals surface area contributed by atoms with Crippen molar-refractivity contribution in [2.24, 2.45) is 0 Å². The number of rotatable bonds is 6. The summed E-state index contributed by atoms with van der Waals surface area (Å²) in [6.45, 7) is 3.56. The van der Waals surface area contributed by atoms with Gasteiger partial charge >= 0.3 is 5.97 Å². The highest BCUT2D eigenvalue weighted by atomic mass is 35.5. The van der Waals surface area contributed by atoms with E-state index < -0.39 is 5.97 Å². The lowest BCUT2D eigenvalue weighted by Gasteiger charge is -2.36. The molecule has 0 radical (unpaired) electrons. The van der Waals surface area contributed by atoms with Gasteiger partial charge in [-0.1, -0.05) is 29.8 Å². The number of carboxylic acids is 1. The van der Waals surface area contributed by atoms with Gasteiger partial charge in [0.1, 0.15) is 0 Å². The van der Waals surface area contributed by atoms with Crippen molar-refractivity contribution in [3.05, 3.63) is 64.7 Å². The zero-order valence-corrected chi connectivity index (χ0v) is 15.7. The molecule has 3 rings (SSSR count). The second-order valence-corrected chi connectivity index (χ2v) is 6.89. The Morgan fingerprint density at radius 3 is 2.48 bits per heavy atom. The molecule has 0 saturated carbocycles. The summed E-state index contributed by atoms with van der Waals surface area (Å²) >= 11 is 6.05. The monoisotopic (exact) mass is 387 g/mol. The number of piperazine rings is 1. The molecular formula is C20H22ClN3O3. The number of carboxylic acid groups (broad SMARTS) is 1. The van der Waals surface area contributed by atoms with E-state index in [0.29, 0.717) is 24.7 Å². The van der Waals surface area contributed by atoms with Crippen molar-refractivity contribution >= 4 is 29.2 Å². The second kappa shape index (κ2) is 8.88. The number of hydrogen-bond donors (Lipinski definition) is 2. The molecule has 0 aromatic heterocycles. The molecule has 1 amide bonds. The largest absolute Gasteiger partial charge is 0.478 e. The Kier molecular flexibility index (Phi) is 6.32. The van der Waals surface area contributed by atoms with Crippen LogP contribution in [0.15, 0.2) is 48.5 Å². The highest BCUT2D eigenvalue weighted by Gasteiger charge is 2.21. The van der Waals surface area contributed by atoms with E-state index in [1.165, 1.54) is 0 Å². The minimum absolute atomic E-state index is 0.0510. The van der Waals surface area contributed by atoms with Crippen LogP contribution in [0.25, 0.3) is 0 Å². The number of nitrogens with zero attached hydrogens (tertiary/aromatic N) is 2. The predicted octanol–water partition coefficient (Wildman–Crippen LogP) is 2.48. The number of carbonyl (C=O) groups is 2. The Balaban J connectivity index is 1.44. The van der Waals surface area contributed by atoms with Crippen LogP contribution in [0.5, 0.6) is 0 Å². The van der Waals surface area contributed by atoms with Gasteiger partial charge in [-0.25, -0.2) is 4.79 Å². The molecule has 1 aliphatic heterocycles. The first-order valence-corrected chi connectivity index (χ1v) is 9.22. The van der Waals surface area contributed by atoms with Crippen LogP contribution in [0.1, 0.15) is 15.9 Å². The third kappa shape index (κ3) is 5.21. The Morgan fingerprint density at radius 2 is 1.78 bits per heavy atom. The summed E-state index contributed by atoms with van der Waals surface area (Å²) in [5, 5.41) is 12.8. The Labute approximate surface area is 163 Å². The lowest BCUT2D eigenvalue weighted by atomic mass is 10.1. The van der Waals surface area contributed by atoms with Gasteiger partial charge in [0.25, 0.3) is 0 Å². The third-order valence-electron chi connectivity index (χ3n) is 4.59. The van der Waals surface area contributed by atoms with Crippen molar-refractivity contribution in [3.63, 3.8) is 0 Å². The van der Waals surface area contributed by atoms with Gasteiger partial charge in [-0.05, 0) is 35.9 Å². The standard InChI is InChI=1S/C20H22ClN3O3/c21-17-5-2-6-18(12-17)23-7-9-24(10-8-23)19(25)14-22-13-15-3-1-4-16(11-15)20(26)27/h1-6,11-12,22H,7-10,13-14H2,(H,26,27). The van der Waals surface area contributed by atoms with Gasteiger partial charge in [-0.15, -0.1) is 0 Å². The van der Waals surface area contributed by atoms with E-state index in [1.807, 2.05) is 35.2 Å². The summed E-state index contributed by atoms with van der Waals surface area (Å²) in [6, 6.07) is 14.5. The molecule has 0 atom stereocenters. The average molecular weight is 388 g/mol. The van der Waals surface area contributed by atoms with Crippen molar-refractivity contribution in [2.75, 3.05) is 37.6 Å². The van der Waals surface area contributed by atoms with E-state index in [-0.39, 0.29) is 18.0 Å². The Bertz CT molecular complexity index is 820. The van der Waals surface area contributed by atoms with Gasteiger partial charge in [-0.2, -0.15) is 0 Å². The van der Waals surface area contributed by atoms with Gasteiger partial charge in [0, 0.05) is 43.4 Å². The van der Waals surface area contributed by atoms with Crippen molar-refractivity contribution in [3.8, 4) is 0 Å². The number of nitrogens with one attached hydrogen (secondary N) is 1. The summed E-state index contributed by atoms with van der Waals surface area (Å²) in [6.07, 6.45) is 0. The molecule has 7 heteroatoms. The Hall–Kier alpha value is -2.57. The molecule has 0 unspecified atom stereocenters. The number of hydrogen-bond acceptors (Lipinski definition) is 4. The van der Waals surface area contributed by atoms with E-state index in [2.05, 4.69) is 10.2 Å². The lowest BCUT2D eigenvalue weighted by Crippen LogP contribution is -2.50. The summed E-state index contributed by atoms with van der Waals surface area (Å²) in [5.41, 5.74) is 2.16. The van der Waals surface area contributed by atoms with Gasteiger partial charge in [0.05, 0.1) is 12.1 Å². The van der Waals surface area contributed by atoms with Crippen LogP contribution in [-0.2, 0) is 11.3 Å². The molecular weight excluding hydrogens is 366 g/mol. The van der Waals surface area contributed by atoms with Crippen LogP contribution in [0.2, 0.25) is 5.02 Å². The van der Waals surface area contributed by atoms with E-state index >= 15 is 0 Å². The molecule has 2 aromatic rings. The van der Waals surface area contributed by atoms with E-state index in [9.17, 15) is 9.59 Å². The minimum atomic E-state index is -0.953. The van der Waals surface area contributed by atoms with Crippen molar-refractivity contribution in [1.29, 1.82) is 0 Å². The zero-order chi connectivity index (χ0) is 19.2. The molecule has 1 aliphatic rings. The van der Waals surface area contributed by atoms with E-state index in [1.54, 1.807) is 18.2 Å². The molecule has 6 nitrogen and oxygen atoms in total. The highest BCUT2D eigenvalue weighted by Crippen LogP contribution is 2.20. The van der Waals surface area contributed by atoms with Crippen LogP contribution in [0.3, 0.4) is 0 Å². The van der Waals surface area contributed by atoms with Gasteiger partial charge in [0.15, 0.2) is 0 Å². The second-order valence-electron chi connectivity index (χ2n) is 6.46. The van der Waals surface area contributed by atoms with Gasteiger partial charge in [0.2, 0.25) is 5.91 Å². The smallest absolute Gasteiger partial charge is 0.335 e. The lowest BCUT2D eigenvalue weighted by molar-refractivity contribution is -0.130. The van der Waals surface area contributed by atoms with Gasteiger partial charge in [-0.3, -0.25) is 4.79 Å². The Morgan fingerprint density at radius 1 is 1.04 bits per heavy atom. The number of halogens is 1. The number of benzene rings is 2. The summed E-state index contributed by atoms with van der Waals surface area (Å²) in [4.78, 5) is 27.5. The molecule has 0 aliphatic carbocycles. The number of anilines is 1. The molecule has 27 heavy (non-hydrogen) atoms. The van der Waals surface area contributed by atoms with Crippen molar-refractivity contribution in [1.82, 2.24) is 10.2 Å². The fourth-order valence-corrected chi connectivity index (χ4v) is 3.31. The maximum Gasteiger partial charge on any atom is 0.335 e. The first-order valence-electron chi connectivity index (χ1n) is 8.84. The molecule has 142 valence electrons. The fraction of sp³-hybridized carbons (Fsp3) is 0.300. The molecule has 0 spiro atoms. The number of amides is 1. The molecule has 1 saturated heterocycles. The van der Waals surface area contributed by atoms with Crippen LogP contribution in [0, 0.1) is 0 Å². The number of carbonyl (C=O) groups excluding carboxylic acids is 1. The number of aromatic carboxylic acids is 1. The first kappa shape index (κ1) is 19.2. The molecule has 1 heterocycles. The van der Waals surface area contributed by atoms with Crippen LogP contribution < -0.4 is 10.2 Å². The highest BCUT2D eigenvalue weighted by molar-refractivity contribution is 6.30. The van der Waals surface area contributed by atoms with Crippen LogP contribution >= 0.6 is 11.6 Å². The van der Waals surface area contributed by atoms with E-state index in [4.69, 9.17) is 16.7 Å². The summed E-state index contributed by atoms with van der Waals surface area (Å²) in [7, 11) is 0. The summed E-state index contributed by atoms with van der Waals surface area (Å²) < 4.78 is 0. The van der Waals surface area contributed by atoms with E-state index in [0.717, 1.165) is 24.3 Å². The molecule has 2 aromatic carbocycles. The van der Waals surface area contributed by atoms with Gasteiger partial charge < -0.3 is 20.2 Å². The molecule has 1 fully saturated rings. The quantitative estimate of drug-likeness (QED) is 0.796. The molecule has 0 bridgehead atoms. The predicted molar refractivity (Wildman–Crippen MR) is 105 cm³/mol. The SMILES string of the molecule is O=C(O)c1cccc(CNCC(=O)N2CCN(c3cccc(Cl)c3)CC2)c1. The van der Waals surface area contributed by atoms with Crippen LogP contribution in [-0.4, -0.2) is 54.6 Å². The minimum Gasteiger partial charge on any atom is -0.478 e. The summed E-state index contributed by atoms with van der Waals surface area (Å²) in [5.74, 6) is -0.902. The maximum absolute atomic E-state index is 12.4. The average Bonchev–Trinajstić information content (AvgIpc) is 2.68. The third-order valence-corrected chi connectivity index (χ3v) is 4.82. The topological polar surface area (TPSA) is 72.9 Å². The molecule has 2 N–H and O–H groups in total. The maximum atomic E-state index is 12.4.